The SMILES string of the molecule is Cc1ccccc1Oc1ccc(CN)c(C(F)(F)F)c1. The Labute approximate surface area is 115 Å². The number of para-hydroxylation sites is 1. The topological polar surface area (TPSA) is 35.2 Å². The molecule has 0 saturated heterocycles. The van der Waals surface area contributed by atoms with E-state index in [0.717, 1.165) is 11.6 Å². The highest BCUT2D eigenvalue weighted by Crippen LogP contribution is 2.35. The van der Waals surface area contributed by atoms with Crippen molar-refractivity contribution in [1.29, 1.82) is 0 Å². The fourth-order valence-electron chi connectivity index (χ4n) is 1.86. The zero-order valence-electron chi connectivity index (χ0n) is 10.9. The van der Waals surface area contributed by atoms with Crippen molar-refractivity contribution in [3.63, 3.8) is 0 Å². The molecule has 20 heavy (non-hydrogen) atoms. The van der Waals surface area contributed by atoms with Crippen molar-refractivity contribution in [1.82, 2.24) is 0 Å². The molecule has 0 aliphatic heterocycles. The molecule has 0 saturated carbocycles. The summed E-state index contributed by atoms with van der Waals surface area (Å²) in [7, 11) is 0. The van der Waals surface area contributed by atoms with Gasteiger partial charge in [-0.15, -0.1) is 0 Å². The summed E-state index contributed by atoms with van der Waals surface area (Å²) >= 11 is 0. The van der Waals surface area contributed by atoms with E-state index in [-0.39, 0.29) is 17.9 Å². The quantitative estimate of drug-likeness (QED) is 0.912. The van der Waals surface area contributed by atoms with Crippen molar-refractivity contribution >= 4 is 0 Å². The molecule has 0 aliphatic rings. The maximum Gasteiger partial charge on any atom is 0.416 e. The fourth-order valence-corrected chi connectivity index (χ4v) is 1.86. The highest BCUT2D eigenvalue weighted by Gasteiger charge is 2.33. The van der Waals surface area contributed by atoms with Crippen LogP contribution in [0.15, 0.2) is 42.5 Å². The normalized spacial score (nSPS) is 11.4. The number of aryl methyl sites for hydroxylation is 1. The van der Waals surface area contributed by atoms with E-state index in [1.54, 1.807) is 12.1 Å². The van der Waals surface area contributed by atoms with Gasteiger partial charge in [-0.3, -0.25) is 0 Å². The van der Waals surface area contributed by atoms with Crippen LogP contribution in [0.4, 0.5) is 13.2 Å². The summed E-state index contributed by atoms with van der Waals surface area (Å²) in [5.74, 6) is 0.671. The van der Waals surface area contributed by atoms with Crippen molar-refractivity contribution in [3.8, 4) is 11.5 Å². The minimum Gasteiger partial charge on any atom is -0.457 e. The van der Waals surface area contributed by atoms with Gasteiger partial charge in [-0.05, 0) is 36.2 Å². The van der Waals surface area contributed by atoms with E-state index in [2.05, 4.69) is 0 Å². The first-order chi connectivity index (χ1) is 9.41. The third-order valence-electron chi connectivity index (χ3n) is 2.93. The lowest BCUT2D eigenvalue weighted by atomic mass is 10.1. The van der Waals surface area contributed by atoms with Gasteiger partial charge >= 0.3 is 6.18 Å². The van der Waals surface area contributed by atoms with Crippen LogP contribution in [0.25, 0.3) is 0 Å². The number of halogens is 3. The van der Waals surface area contributed by atoms with E-state index in [0.29, 0.717) is 5.75 Å². The first kappa shape index (κ1) is 14.4. The summed E-state index contributed by atoms with van der Waals surface area (Å²) in [6.45, 7) is 1.66. The van der Waals surface area contributed by atoms with Crippen LogP contribution < -0.4 is 10.5 Å². The monoisotopic (exact) mass is 281 g/mol. The summed E-state index contributed by atoms with van der Waals surface area (Å²) < 4.78 is 44.3. The number of benzene rings is 2. The van der Waals surface area contributed by atoms with E-state index in [9.17, 15) is 13.2 Å². The molecule has 106 valence electrons. The highest BCUT2D eigenvalue weighted by atomic mass is 19.4. The molecule has 2 aromatic rings. The van der Waals surface area contributed by atoms with Crippen LogP contribution in [-0.2, 0) is 12.7 Å². The van der Waals surface area contributed by atoms with Crippen LogP contribution >= 0.6 is 0 Å². The fraction of sp³-hybridized carbons (Fsp3) is 0.200. The summed E-state index contributed by atoms with van der Waals surface area (Å²) in [5.41, 5.74) is 5.48. The molecule has 0 heterocycles. The molecule has 2 N–H and O–H groups in total. The Morgan fingerprint density at radius 1 is 1.10 bits per heavy atom. The molecule has 0 unspecified atom stereocenters. The molecule has 2 rings (SSSR count). The Bertz CT molecular complexity index is 608. The number of nitrogens with two attached hydrogens (primary N) is 1. The van der Waals surface area contributed by atoms with Crippen LogP contribution in [0.1, 0.15) is 16.7 Å². The van der Waals surface area contributed by atoms with Gasteiger partial charge in [-0.2, -0.15) is 13.2 Å². The Balaban J connectivity index is 2.37. The van der Waals surface area contributed by atoms with Crippen LogP contribution in [0.2, 0.25) is 0 Å². The molecule has 0 amide bonds. The number of hydrogen-bond acceptors (Lipinski definition) is 2. The standard InChI is InChI=1S/C15H14F3NO/c1-10-4-2-3-5-14(10)20-12-7-6-11(9-19)13(8-12)15(16,17)18/h2-8H,9,19H2,1H3. The number of ether oxygens (including phenoxy) is 1. The van der Waals surface area contributed by atoms with Crippen LogP contribution in [0.3, 0.4) is 0 Å². The van der Waals surface area contributed by atoms with E-state index in [4.69, 9.17) is 10.5 Å². The Kier molecular flexibility index (Phi) is 3.99. The number of rotatable bonds is 3. The zero-order valence-corrected chi connectivity index (χ0v) is 10.9. The summed E-state index contributed by atoms with van der Waals surface area (Å²) in [6.07, 6.45) is -4.44. The number of hydrogen-bond donors (Lipinski definition) is 1. The van der Waals surface area contributed by atoms with Gasteiger partial charge in [0.15, 0.2) is 0 Å². The summed E-state index contributed by atoms with van der Waals surface area (Å²) in [5, 5.41) is 0. The predicted molar refractivity (Wildman–Crippen MR) is 70.6 cm³/mol. The molecule has 0 spiro atoms. The first-order valence-corrected chi connectivity index (χ1v) is 6.05. The van der Waals surface area contributed by atoms with Gasteiger partial charge in [-0.25, -0.2) is 0 Å². The average Bonchev–Trinajstić information content (AvgIpc) is 2.40. The molecular formula is C15H14F3NO. The minimum atomic E-state index is -4.44. The van der Waals surface area contributed by atoms with E-state index >= 15 is 0 Å². The van der Waals surface area contributed by atoms with E-state index < -0.39 is 11.7 Å². The second kappa shape index (κ2) is 5.54. The molecule has 5 heteroatoms. The molecule has 0 radical (unpaired) electrons. The largest absolute Gasteiger partial charge is 0.457 e. The molecule has 2 aromatic carbocycles. The van der Waals surface area contributed by atoms with E-state index in [1.807, 2.05) is 19.1 Å². The maximum atomic E-state index is 12.9. The number of alkyl halides is 3. The summed E-state index contributed by atoms with van der Waals surface area (Å²) in [6, 6.07) is 10.9. The van der Waals surface area contributed by atoms with Gasteiger partial charge in [0.2, 0.25) is 0 Å². The Morgan fingerprint density at radius 3 is 2.40 bits per heavy atom. The minimum absolute atomic E-state index is 0.0506. The Hall–Kier alpha value is -2.01. The van der Waals surface area contributed by atoms with Crippen LogP contribution in [-0.4, -0.2) is 0 Å². The second-order valence-corrected chi connectivity index (χ2v) is 4.39. The highest BCUT2D eigenvalue weighted by molar-refractivity contribution is 5.41. The molecule has 0 atom stereocenters. The lowest BCUT2D eigenvalue weighted by Crippen LogP contribution is -2.12. The van der Waals surface area contributed by atoms with Crippen molar-refractivity contribution in [2.75, 3.05) is 0 Å². The lowest BCUT2D eigenvalue weighted by Gasteiger charge is -2.14. The lowest BCUT2D eigenvalue weighted by molar-refractivity contribution is -0.138. The van der Waals surface area contributed by atoms with Crippen molar-refractivity contribution < 1.29 is 17.9 Å². The van der Waals surface area contributed by atoms with Crippen molar-refractivity contribution in [2.45, 2.75) is 19.6 Å². The smallest absolute Gasteiger partial charge is 0.416 e. The molecular weight excluding hydrogens is 267 g/mol. The second-order valence-electron chi connectivity index (χ2n) is 4.39. The molecule has 0 fully saturated rings. The van der Waals surface area contributed by atoms with Crippen LogP contribution in [0.5, 0.6) is 11.5 Å². The maximum absolute atomic E-state index is 12.9. The third kappa shape index (κ3) is 3.11. The van der Waals surface area contributed by atoms with Gasteiger partial charge < -0.3 is 10.5 Å². The van der Waals surface area contributed by atoms with Crippen molar-refractivity contribution in [3.05, 3.63) is 59.2 Å². The van der Waals surface area contributed by atoms with Gasteiger partial charge in [0.1, 0.15) is 11.5 Å². The summed E-state index contributed by atoms with van der Waals surface area (Å²) in [4.78, 5) is 0. The predicted octanol–water partition coefficient (Wildman–Crippen LogP) is 4.26. The molecule has 0 aliphatic carbocycles. The van der Waals surface area contributed by atoms with Crippen molar-refractivity contribution in [2.24, 2.45) is 5.73 Å². The first-order valence-electron chi connectivity index (χ1n) is 6.05. The zero-order chi connectivity index (χ0) is 14.8. The van der Waals surface area contributed by atoms with Gasteiger partial charge in [0.25, 0.3) is 0 Å². The van der Waals surface area contributed by atoms with Gasteiger partial charge in [0, 0.05) is 6.54 Å². The Morgan fingerprint density at radius 2 is 1.80 bits per heavy atom. The average molecular weight is 281 g/mol. The molecule has 2 nitrogen and oxygen atoms in total. The van der Waals surface area contributed by atoms with Gasteiger partial charge in [0.05, 0.1) is 5.56 Å². The molecule has 0 aromatic heterocycles. The van der Waals surface area contributed by atoms with Gasteiger partial charge in [-0.1, -0.05) is 24.3 Å². The van der Waals surface area contributed by atoms with E-state index in [1.165, 1.54) is 12.1 Å². The van der Waals surface area contributed by atoms with Crippen LogP contribution in [0, 0.1) is 6.92 Å². The molecule has 0 bridgehead atoms. The third-order valence-corrected chi connectivity index (χ3v) is 2.93.